The summed E-state index contributed by atoms with van der Waals surface area (Å²) in [5.41, 5.74) is 0.572. The fraction of sp³-hybridized carbons (Fsp3) is 0.417. The molecule has 1 rings (SSSR count). The van der Waals surface area contributed by atoms with Crippen LogP contribution in [0.2, 0.25) is 0 Å². The molecule has 0 aromatic heterocycles. The highest BCUT2D eigenvalue weighted by Crippen LogP contribution is 2.17. The van der Waals surface area contributed by atoms with Crippen molar-refractivity contribution >= 4 is 26.6 Å². The maximum Gasteiger partial charge on any atom is 0.311 e. The fourth-order valence-electron chi connectivity index (χ4n) is 1.51. The smallest absolute Gasteiger partial charge is 0.311 e. The van der Waals surface area contributed by atoms with Gasteiger partial charge < -0.3 is 5.11 Å². The topological polar surface area (TPSA) is 88.5 Å². The van der Waals surface area contributed by atoms with Crippen LogP contribution in [-0.4, -0.2) is 47.2 Å². The molecule has 0 bridgehead atoms. The highest BCUT2D eigenvalue weighted by molar-refractivity contribution is 7.92. The third-order valence-electron chi connectivity index (χ3n) is 2.53. The fourth-order valence-corrected chi connectivity index (χ4v) is 4.34. The monoisotopic (exact) mass is 304 g/mol. The van der Waals surface area contributed by atoms with E-state index in [9.17, 15) is 17.4 Å². The van der Waals surface area contributed by atoms with Crippen molar-refractivity contribution in [1.29, 1.82) is 0 Å². The Bertz CT molecular complexity index is 551. The number of carboxylic acids is 1. The summed E-state index contributed by atoms with van der Waals surface area (Å²) in [5.74, 6) is -2.23. The van der Waals surface area contributed by atoms with Crippen LogP contribution in [0.3, 0.4) is 0 Å². The van der Waals surface area contributed by atoms with Crippen molar-refractivity contribution < 1.29 is 22.5 Å². The molecule has 1 aromatic rings. The molecule has 0 heterocycles. The first kappa shape index (κ1) is 15.8. The van der Waals surface area contributed by atoms with Crippen LogP contribution in [0.1, 0.15) is 11.5 Å². The van der Waals surface area contributed by atoms with Crippen molar-refractivity contribution in [3.8, 4) is 0 Å². The van der Waals surface area contributed by atoms with E-state index in [4.69, 9.17) is 5.11 Å². The number of aliphatic carboxylic acids is 1. The number of rotatable bonds is 7. The van der Waals surface area contributed by atoms with E-state index < -0.39 is 32.5 Å². The van der Waals surface area contributed by atoms with E-state index in [2.05, 4.69) is 0 Å². The van der Waals surface area contributed by atoms with E-state index in [0.717, 1.165) is 6.26 Å². The lowest BCUT2D eigenvalue weighted by Gasteiger charge is -2.12. The second-order valence-electron chi connectivity index (χ2n) is 4.24. The summed E-state index contributed by atoms with van der Waals surface area (Å²) in [6.07, 6.45) is 1.07. The average Bonchev–Trinajstić information content (AvgIpc) is 2.33. The van der Waals surface area contributed by atoms with Crippen LogP contribution >= 0.6 is 0 Å². The largest absolute Gasteiger partial charge is 0.481 e. The van der Waals surface area contributed by atoms with Gasteiger partial charge in [-0.05, 0) is 5.56 Å². The maximum absolute atomic E-state index is 11.8. The highest BCUT2D eigenvalue weighted by atomic mass is 32.2. The Balaban J connectivity index is 2.70. The van der Waals surface area contributed by atoms with Gasteiger partial charge in [0.1, 0.15) is 9.84 Å². The molecule has 1 aromatic carbocycles. The van der Waals surface area contributed by atoms with Gasteiger partial charge in [0.15, 0.2) is 0 Å². The van der Waals surface area contributed by atoms with Crippen molar-refractivity contribution in [3.05, 3.63) is 35.9 Å². The molecule has 0 fully saturated rings. The summed E-state index contributed by atoms with van der Waals surface area (Å²) >= 11 is 0. The molecule has 19 heavy (non-hydrogen) atoms. The standard InChI is InChI=1S/C12H16O5S2/c1-19(16,17)8-7-18(15)9-11(12(13)14)10-5-3-2-4-6-10/h2-6,11H,7-9H2,1H3,(H,13,14). The van der Waals surface area contributed by atoms with Gasteiger partial charge in [-0.3, -0.25) is 9.00 Å². The predicted octanol–water partition coefficient (Wildman–Crippen LogP) is 0.648. The molecule has 106 valence electrons. The molecule has 0 saturated heterocycles. The van der Waals surface area contributed by atoms with Gasteiger partial charge in [-0.25, -0.2) is 8.42 Å². The molecule has 5 nitrogen and oxygen atoms in total. The Morgan fingerprint density at radius 3 is 2.37 bits per heavy atom. The molecule has 7 heteroatoms. The summed E-state index contributed by atoms with van der Waals surface area (Å²) in [7, 11) is -4.66. The van der Waals surface area contributed by atoms with E-state index >= 15 is 0 Å². The number of carbonyl (C=O) groups is 1. The van der Waals surface area contributed by atoms with Gasteiger partial charge >= 0.3 is 5.97 Å². The van der Waals surface area contributed by atoms with E-state index in [0.29, 0.717) is 5.56 Å². The van der Waals surface area contributed by atoms with Gasteiger partial charge in [0.2, 0.25) is 0 Å². The van der Waals surface area contributed by atoms with Crippen LogP contribution in [0.25, 0.3) is 0 Å². The molecule has 0 saturated carbocycles. The SMILES string of the molecule is CS(=O)(=O)CCS(=O)CC(C(=O)O)c1ccccc1. The Kier molecular flexibility index (Phi) is 5.68. The number of benzene rings is 1. The molecular formula is C12H16O5S2. The Morgan fingerprint density at radius 1 is 1.32 bits per heavy atom. The molecule has 0 spiro atoms. The summed E-state index contributed by atoms with van der Waals surface area (Å²) in [4.78, 5) is 11.2. The van der Waals surface area contributed by atoms with Gasteiger partial charge in [-0.1, -0.05) is 30.3 Å². The summed E-state index contributed by atoms with van der Waals surface area (Å²) in [6.45, 7) is 0. The molecule has 0 aliphatic rings. The van der Waals surface area contributed by atoms with E-state index in [1.54, 1.807) is 30.3 Å². The Hall–Kier alpha value is -1.21. The Morgan fingerprint density at radius 2 is 1.89 bits per heavy atom. The zero-order chi connectivity index (χ0) is 14.5. The molecule has 0 aliphatic carbocycles. The normalized spacial score (nSPS) is 14.8. The van der Waals surface area contributed by atoms with E-state index in [-0.39, 0.29) is 17.3 Å². The van der Waals surface area contributed by atoms with Gasteiger partial charge in [-0.15, -0.1) is 0 Å². The number of carboxylic acid groups (broad SMARTS) is 1. The molecule has 0 aliphatic heterocycles. The maximum atomic E-state index is 11.8. The zero-order valence-corrected chi connectivity index (χ0v) is 12.1. The van der Waals surface area contributed by atoms with Crippen LogP contribution in [0, 0.1) is 0 Å². The first-order valence-electron chi connectivity index (χ1n) is 5.60. The molecule has 0 amide bonds. The minimum absolute atomic E-state index is 0.0323. The van der Waals surface area contributed by atoms with Crippen molar-refractivity contribution in [2.24, 2.45) is 0 Å². The number of hydrogen-bond donors (Lipinski definition) is 1. The van der Waals surface area contributed by atoms with Gasteiger partial charge in [-0.2, -0.15) is 0 Å². The second kappa shape index (κ2) is 6.81. The number of sulfone groups is 1. The van der Waals surface area contributed by atoms with Gasteiger partial charge in [0, 0.05) is 28.6 Å². The van der Waals surface area contributed by atoms with Crippen molar-refractivity contribution in [2.45, 2.75) is 5.92 Å². The van der Waals surface area contributed by atoms with Gasteiger partial charge in [0.25, 0.3) is 0 Å². The second-order valence-corrected chi connectivity index (χ2v) is 8.12. The van der Waals surface area contributed by atoms with Crippen LogP contribution < -0.4 is 0 Å². The quantitative estimate of drug-likeness (QED) is 0.799. The molecular weight excluding hydrogens is 288 g/mol. The minimum atomic E-state index is -3.18. The van der Waals surface area contributed by atoms with Crippen LogP contribution in [0.15, 0.2) is 30.3 Å². The van der Waals surface area contributed by atoms with Gasteiger partial charge in [0.05, 0.1) is 11.7 Å². The van der Waals surface area contributed by atoms with Crippen LogP contribution in [0.5, 0.6) is 0 Å². The van der Waals surface area contributed by atoms with E-state index in [1.165, 1.54) is 0 Å². The molecule has 0 radical (unpaired) electrons. The lowest BCUT2D eigenvalue weighted by molar-refractivity contribution is -0.138. The van der Waals surface area contributed by atoms with Crippen molar-refractivity contribution in [2.75, 3.05) is 23.5 Å². The highest BCUT2D eigenvalue weighted by Gasteiger charge is 2.22. The van der Waals surface area contributed by atoms with E-state index in [1.807, 2.05) is 0 Å². The number of hydrogen-bond acceptors (Lipinski definition) is 4. The molecule has 2 unspecified atom stereocenters. The third-order valence-corrected chi connectivity index (χ3v) is 5.10. The summed E-state index contributed by atoms with van der Waals surface area (Å²) in [5, 5.41) is 9.15. The minimum Gasteiger partial charge on any atom is -0.481 e. The molecule has 2 atom stereocenters. The third kappa shape index (κ3) is 5.98. The lowest BCUT2D eigenvalue weighted by Crippen LogP contribution is -2.22. The van der Waals surface area contributed by atoms with Crippen molar-refractivity contribution in [3.63, 3.8) is 0 Å². The lowest BCUT2D eigenvalue weighted by atomic mass is 10.0. The molecule has 1 N–H and O–H groups in total. The van der Waals surface area contributed by atoms with Crippen molar-refractivity contribution in [1.82, 2.24) is 0 Å². The first-order valence-corrected chi connectivity index (χ1v) is 9.15. The summed E-state index contributed by atoms with van der Waals surface area (Å²) in [6, 6.07) is 8.51. The summed E-state index contributed by atoms with van der Waals surface area (Å²) < 4.78 is 33.7. The first-order chi connectivity index (χ1) is 8.79. The average molecular weight is 304 g/mol. The van der Waals surface area contributed by atoms with Crippen LogP contribution in [-0.2, 0) is 25.4 Å². The van der Waals surface area contributed by atoms with Crippen LogP contribution in [0.4, 0.5) is 0 Å². The zero-order valence-electron chi connectivity index (χ0n) is 10.5. The predicted molar refractivity (Wildman–Crippen MR) is 74.4 cm³/mol. The Labute approximate surface area is 115 Å².